The molecule has 3 aromatic rings. The van der Waals surface area contributed by atoms with Crippen LogP contribution in [0.5, 0.6) is 0 Å². The zero-order valence-electron chi connectivity index (χ0n) is 18.9. The number of H-pyrrole nitrogens is 1. The van der Waals surface area contributed by atoms with E-state index in [9.17, 15) is 9.18 Å². The summed E-state index contributed by atoms with van der Waals surface area (Å²) < 4.78 is 14.5. The largest absolute Gasteiger partial charge is 0.311 e. The first-order valence-corrected chi connectivity index (χ1v) is 12.1. The number of fused-ring (bicyclic) bond motifs is 7. The third-order valence-electron chi connectivity index (χ3n) is 8.63. The van der Waals surface area contributed by atoms with Crippen LogP contribution in [0.2, 0.25) is 0 Å². The van der Waals surface area contributed by atoms with Gasteiger partial charge < -0.3 is 5.32 Å². The Morgan fingerprint density at radius 3 is 2.97 bits per heavy atom. The topological polar surface area (TPSA) is 70.7 Å². The molecule has 1 aromatic carbocycles. The first-order valence-electron chi connectivity index (χ1n) is 12.1. The molecule has 0 radical (unpaired) electrons. The first kappa shape index (κ1) is 20.6. The van der Waals surface area contributed by atoms with E-state index in [-0.39, 0.29) is 23.1 Å². The Labute approximate surface area is 193 Å². The van der Waals surface area contributed by atoms with Gasteiger partial charge in [-0.3, -0.25) is 9.89 Å². The van der Waals surface area contributed by atoms with Crippen molar-refractivity contribution >= 4 is 11.7 Å². The van der Waals surface area contributed by atoms with Crippen LogP contribution in [0.25, 0.3) is 0 Å². The second kappa shape index (κ2) is 7.79. The molecule has 2 N–H and O–H groups in total. The maximum absolute atomic E-state index is 14.5. The predicted molar refractivity (Wildman–Crippen MR) is 124 cm³/mol. The van der Waals surface area contributed by atoms with Gasteiger partial charge >= 0.3 is 0 Å². The van der Waals surface area contributed by atoms with Crippen molar-refractivity contribution in [2.24, 2.45) is 11.8 Å². The molecule has 1 amide bonds. The Morgan fingerprint density at radius 1 is 1.21 bits per heavy atom. The maximum Gasteiger partial charge on any atom is 0.225 e. The number of hydrogen-bond acceptors (Lipinski definition) is 3. The number of anilines is 1. The molecule has 5 atom stereocenters. The first-order chi connectivity index (χ1) is 16.1. The number of amides is 1. The third-order valence-corrected chi connectivity index (χ3v) is 8.63. The second-order valence-electron chi connectivity index (χ2n) is 10.2. The molecule has 170 valence electrons. The van der Waals surface area contributed by atoms with Crippen molar-refractivity contribution in [3.8, 4) is 0 Å². The van der Waals surface area contributed by atoms with E-state index in [4.69, 9.17) is 5.10 Å². The van der Waals surface area contributed by atoms with Gasteiger partial charge in [0, 0.05) is 24.2 Å². The SMILES string of the molecule is C[C@]12CCC3c4cccc(F)c4CCC3C1[C@H](CCC(=O)Nc1ccccn1)c1c[nH]nc12. The average molecular weight is 445 g/mol. The molecule has 1 fully saturated rings. The van der Waals surface area contributed by atoms with Crippen LogP contribution in [0, 0.1) is 17.7 Å². The van der Waals surface area contributed by atoms with E-state index in [1.807, 2.05) is 30.5 Å². The summed E-state index contributed by atoms with van der Waals surface area (Å²) in [6, 6.07) is 11.1. The summed E-state index contributed by atoms with van der Waals surface area (Å²) >= 11 is 0. The fraction of sp³-hybridized carbons (Fsp3) is 0.444. The fourth-order valence-corrected chi connectivity index (χ4v) is 7.34. The van der Waals surface area contributed by atoms with E-state index in [1.165, 1.54) is 16.8 Å². The number of hydrogen-bond donors (Lipinski definition) is 2. The highest BCUT2D eigenvalue weighted by atomic mass is 19.1. The van der Waals surface area contributed by atoms with Crippen LogP contribution in [0.3, 0.4) is 0 Å². The van der Waals surface area contributed by atoms with Crippen LogP contribution >= 0.6 is 0 Å². The van der Waals surface area contributed by atoms with Gasteiger partial charge in [0.25, 0.3) is 0 Å². The van der Waals surface area contributed by atoms with Crippen molar-refractivity contribution in [2.75, 3.05) is 5.32 Å². The molecule has 0 saturated heterocycles. The number of carbonyl (C=O) groups is 1. The predicted octanol–water partition coefficient (Wildman–Crippen LogP) is 5.47. The summed E-state index contributed by atoms with van der Waals surface area (Å²) in [7, 11) is 0. The van der Waals surface area contributed by atoms with Crippen molar-refractivity contribution in [2.45, 2.75) is 62.7 Å². The van der Waals surface area contributed by atoms with Crippen LogP contribution in [0.4, 0.5) is 10.2 Å². The monoisotopic (exact) mass is 444 g/mol. The fourth-order valence-electron chi connectivity index (χ4n) is 7.34. The number of carbonyl (C=O) groups excluding carboxylic acids is 1. The molecule has 3 unspecified atom stereocenters. The number of aromatic amines is 1. The number of nitrogens with one attached hydrogen (secondary N) is 2. The summed E-state index contributed by atoms with van der Waals surface area (Å²) in [5, 5.41) is 10.7. The highest BCUT2D eigenvalue weighted by molar-refractivity contribution is 5.89. The van der Waals surface area contributed by atoms with E-state index in [1.54, 1.807) is 12.3 Å². The minimum absolute atomic E-state index is 0.00343. The normalized spacial score (nSPS) is 29.5. The molecular formula is C27H29FN4O. The van der Waals surface area contributed by atoms with Crippen LogP contribution in [0.1, 0.15) is 73.2 Å². The summed E-state index contributed by atoms with van der Waals surface area (Å²) in [4.78, 5) is 16.9. The molecule has 5 nitrogen and oxygen atoms in total. The van der Waals surface area contributed by atoms with Gasteiger partial charge in [-0.15, -0.1) is 0 Å². The molecule has 0 aliphatic heterocycles. The minimum atomic E-state index is -0.0541. The van der Waals surface area contributed by atoms with E-state index in [0.29, 0.717) is 30.0 Å². The number of aromatic nitrogens is 3. The van der Waals surface area contributed by atoms with Crippen molar-refractivity contribution in [3.63, 3.8) is 0 Å². The average Bonchev–Trinajstić information content (AvgIpc) is 3.39. The van der Waals surface area contributed by atoms with Gasteiger partial charge in [0.2, 0.25) is 5.91 Å². The lowest BCUT2D eigenvalue weighted by atomic mass is 9.53. The lowest BCUT2D eigenvalue weighted by Crippen LogP contribution is -2.44. The number of halogens is 1. The number of pyridine rings is 1. The second-order valence-corrected chi connectivity index (χ2v) is 10.2. The molecule has 3 aliphatic rings. The molecule has 6 heteroatoms. The van der Waals surface area contributed by atoms with Gasteiger partial charge in [0.05, 0.1) is 5.69 Å². The van der Waals surface area contributed by atoms with Crippen LogP contribution in [0.15, 0.2) is 48.8 Å². The molecule has 0 bridgehead atoms. The van der Waals surface area contributed by atoms with Crippen molar-refractivity contribution < 1.29 is 9.18 Å². The molecule has 6 rings (SSSR count). The molecule has 3 aliphatic carbocycles. The Bertz CT molecular complexity index is 1190. The summed E-state index contributed by atoms with van der Waals surface area (Å²) in [5.74, 6) is 2.10. The van der Waals surface area contributed by atoms with Crippen molar-refractivity contribution in [3.05, 3.63) is 77.0 Å². The Hall–Kier alpha value is -3.02. The minimum Gasteiger partial charge on any atom is -0.311 e. The quantitative estimate of drug-likeness (QED) is 0.560. The number of nitrogens with zero attached hydrogens (tertiary/aromatic N) is 2. The summed E-state index contributed by atoms with van der Waals surface area (Å²) in [6.45, 7) is 2.36. The third kappa shape index (κ3) is 3.22. The van der Waals surface area contributed by atoms with Crippen LogP contribution in [-0.4, -0.2) is 21.1 Å². The van der Waals surface area contributed by atoms with Crippen molar-refractivity contribution in [1.29, 1.82) is 0 Å². The zero-order chi connectivity index (χ0) is 22.6. The Balaban J connectivity index is 1.28. The molecule has 2 heterocycles. The molecule has 0 spiro atoms. The molecule has 2 aromatic heterocycles. The standard InChI is InChI=1S/C27H29FN4O/c1-27-13-12-17-16-5-4-6-22(28)18(16)8-9-19(17)25(27)20(21-15-30-32-26(21)27)10-11-24(33)31-23-7-2-3-14-29-23/h2-7,14-15,17,19-20,25H,8-13H2,1H3,(H,30,32)(H,29,31,33)/t17?,19?,20-,25?,27+/m1/s1. The zero-order valence-corrected chi connectivity index (χ0v) is 18.9. The summed E-state index contributed by atoms with van der Waals surface area (Å²) in [5.41, 5.74) is 4.60. The Kier molecular flexibility index (Phi) is 4.86. The van der Waals surface area contributed by atoms with Gasteiger partial charge in [-0.1, -0.05) is 25.1 Å². The van der Waals surface area contributed by atoms with E-state index in [2.05, 4.69) is 28.4 Å². The van der Waals surface area contributed by atoms with Gasteiger partial charge in [0.15, 0.2) is 0 Å². The highest BCUT2D eigenvalue weighted by Crippen LogP contribution is 2.64. The maximum atomic E-state index is 14.5. The van der Waals surface area contributed by atoms with Gasteiger partial charge in [-0.25, -0.2) is 9.37 Å². The molecule has 1 saturated carbocycles. The highest BCUT2D eigenvalue weighted by Gasteiger charge is 2.58. The lowest BCUT2D eigenvalue weighted by Gasteiger charge is -2.50. The lowest BCUT2D eigenvalue weighted by molar-refractivity contribution is -0.116. The number of benzene rings is 1. The van der Waals surface area contributed by atoms with Gasteiger partial charge in [-0.2, -0.15) is 5.10 Å². The number of rotatable bonds is 4. The Morgan fingerprint density at radius 2 is 2.12 bits per heavy atom. The van der Waals surface area contributed by atoms with Crippen LogP contribution in [-0.2, 0) is 16.6 Å². The van der Waals surface area contributed by atoms with Gasteiger partial charge in [0.1, 0.15) is 11.6 Å². The molecular weight excluding hydrogens is 415 g/mol. The van der Waals surface area contributed by atoms with E-state index >= 15 is 0 Å². The van der Waals surface area contributed by atoms with Gasteiger partial charge in [-0.05, 0) is 90.7 Å². The smallest absolute Gasteiger partial charge is 0.225 e. The van der Waals surface area contributed by atoms with Crippen molar-refractivity contribution in [1.82, 2.24) is 15.2 Å². The molecule has 33 heavy (non-hydrogen) atoms. The van der Waals surface area contributed by atoms with E-state index < -0.39 is 0 Å². The van der Waals surface area contributed by atoms with E-state index in [0.717, 1.165) is 37.7 Å². The summed E-state index contributed by atoms with van der Waals surface area (Å²) in [6.07, 6.45) is 8.87. The van der Waals surface area contributed by atoms with Crippen LogP contribution < -0.4 is 5.32 Å².